The van der Waals surface area contributed by atoms with Crippen molar-refractivity contribution < 1.29 is 49.1 Å². The molecule has 0 unspecified atom stereocenters. The second-order valence-electron chi connectivity index (χ2n) is 11.9. The molecular formula is C34H51NO10. The Labute approximate surface area is 266 Å². The highest BCUT2D eigenvalue weighted by Crippen LogP contribution is 2.26. The summed E-state index contributed by atoms with van der Waals surface area (Å²) in [4.78, 5) is 60.7. The fraction of sp³-hybridized carbons (Fsp3) is 0.618. The number of benzene rings is 1. The van der Waals surface area contributed by atoms with Crippen LogP contribution in [0.3, 0.4) is 0 Å². The number of hydrogen-bond acceptors (Lipinski definition) is 7. The summed E-state index contributed by atoms with van der Waals surface area (Å²) < 4.78 is 5.67. The van der Waals surface area contributed by atoms with Gasteiger partial charge in [0.1, 0.15) is 17.6 Å². The van der Waals surface area contributed by atoms with E-state index in [4.69, 9.17) is 4.74 Å². The van der Waals surface area contributed by atoms with E-state index in [1.165, 1.54) is 6.08 Å². The molecule has 1 aromatic rings. The van der Waals surface area contributed by atoms with Gasteiger partial charge in [0, 0.05) is 19.3 Å². The molecule has 1 amide bonds. The van der Waals surface area contributed by atoms with Gasteiger partial charge in [-0.2, -0.15) is 0 Å². The van der Waals surface area contributed by atoms with E-state index < -0.39 is 47.8 Å². The third kappa shape index (κ3) is 15.7. The number of hydrogen-bond donors (Lipinski definition) is 5. The fourth-order valence-electron chi connectivity index (χ4n) is 4.71. The van der Waals surface area contributed by atoms with Crippen LogP contribution >= 0.6 is 0 Å². The molecule has 1 aromatic carbocycles. The number of aliphatic carboxylic acids is 3. The molecule has 0 aromatic heterocycles. The minimum absolute atomic E-state index is 0.144. The van der Waals surface area contributed by atoms with E-state index >= 15 is 0 Å². The van der Waals surface area contributed by atoms with Crippen molar-refractivity contribution >= 4 is 29.6 Å². The summed E-state index contributed by atoms with van der Waals surface area (Å²) in [6, 6.07) is 5.20. The number of carboxylic acids is 3. The summed E-state index contributed by atoms with van der Waals surface area (Å²) >= 11 is 0. The number of amides is 1. The second-order valence-corrected chi connectivity index (χ2v) is 11.9. The van der Waals surface area contributed by atoms with E-state index in [0.29, 0.717) is 49.5 Å². The number of ether oxygens (including phenoxy) is 1. The van der Waals surface area contributed by atoms with Crippen molar-refractivity contribution in [2.75, 3.05) is 6.61 Å². The van der Waals surface area contributed by atoms with Crippen LogP contribution in [0.4, 0.5) is 0 Å². The summed E-state index contributed by atoms with van der Waals surface area (Å²) in [5.41, 5.74) is -2.45. The standard InChI is InChI=1S/C34H51NO10/c1-4-5-10-13-26(36)14-11-8-6-7-9-12-15-28(34(44,33(42)43)23-30(37)38)31(39)35-29(32(40)41)22-25-16-18-27(19-17-25)45-21-20-24(2)3/h12,15-19,24,28-29,44H,4-11,13-14,20-23H2,1-3H3,(H,35,39)(H,37,38)(H,40,41)(H,42,43)/b15-12+/t28-,29+,34+/m1/s1. The van der Waals surface area contributed by atoms with E-state index in [-0.39, 0.29) is 12.2 Å². The first-order valence-electron chi connectivity index (χ1n) is 15.9. The highest BCUT2D eigenvalue weighted by molar-refractivity contribution is 5.94. The summed E-state index contributed by atoms with van der Waals surface area (Å²) in [5.74, 6) is -6.60. The normalized spacial score (nSPS) is 14.1. The van der Waals surface area contributed by atoms with Crippen molar-refractivity contribution in [3.8, 4) is 5.75 Å². The molecule has 252 valence electrons. The lowest BCUT2D eigenvalue weighted by atomic mass is 9.82. The average molecular weight is 634 g/mol. The Bertz CT molecular complexity index is 1110. The van der Waals surface area contributed by atoms with E-state index in [1.54, 1.807) is 24.3 Å². The van der Waals surface area contributed by atoms with Gasteiger partial charge in [-0.15, -0.1) is 0 Å². The number of Topliss-reactive ketones (excluding diaryl/α,β-unsaturated/α-hetero) is 1. The van der Waals surface area contributed by atoms with Gasteiger partial charge >= 0.3 is 17.9 Å². The predicted molar refractivity (Wildman–Crippen MR) is 169 cm³/mol. The molecule has 11 nitrogen and oxygen atoms in total. The smallest absolute Gasteiger partial charge is 0.337 e. The molecule has 0 aliphatic rings. The maximum absolute atomic E-state index is 13.3. The first-order valence-corrected chi connectivity index (χ1v) is 15.9. The first-order chi connectivity index (χ1) is 21.3. The molecule has 1 rings (SSSR count). The molecule has 11 heteroatoms. The molecule has 0 saturated carbocycles. The van der Waals surface area contributed by atoms with Crippen LogP contribution in [0.25, 0.3) is 0 Å². The summed E-state index contributed by atoms with van der Waals surface area (Å²) in [7, 11) is 0. The van der Waals surface area contributed by atoms with Crippen molar-refractivity contribution in [1.29, 1.82) is 0 Å². The summed E-state index contributed by atoms with van der Waals surface area (Å²) in [6.07, 6.45) is 9.66. The number of aliphatic hydroxyl groups is 1. The van der Waals surface area contributed by atoms with Gasteiger partial charge in [0.2, 0.25) is 5.91 Å². The van der Waals surface area contributed by atoms with E-state index in [9.17, 15) is 44.4 Å². The molecule has 0 aliphatic heterocycles. The largest absolute Gasteiger partial charge is 0.494 e. The molecule has 3 atom stereocenters. The number of nitrogens with one attached hydrogen (secondary N) is 1. The number of carbonyl (C=O) groups excluding carboxylic acids is 2. The molecule has 0 bridgehead atoms. The molecular weight excluding hydrogens is 582 g/mol. The van der Waals surface area contributed by atoms with Crippen LogP contribution in [0.15, 0.2) is 36.4 Å². The van der Waals surface area contributed by atoms with Crippen LogP contribution in [-0.2, 0) is 30.4 Å². The molecule has 0 heterocycles. The number of unbranched alkanes of at least 4 members (excludes halogenated alkanes) is 6. The number of ketones is 1. The third-order valence-electron chi connectivity index (χ3n) is 7.49. The fourth-order valence-corrected chi connectivity index (χ4v) is 4.71. The predicted octanol–water partition coefficient (Wildman–Crippen LogP) is 5.18. The average Bonchev–Trinajstić information content (AvgIpc) is 2.96. The van der Waals surface area contributed by atoms with E-state index in [2.05, 4.69) is 26.1 Å². The molecule has 0 fully saturated rings. The van der Waals surface area contributed by atoms with Gasteiger partial charge in [0.05, 0.1) is 18.9 Å². The number of carbonyl (C=O) groups is 5. The van der Waals surface area contributed by atoms with E-state index in [1.807, 2.05) is 0 Å². The number of rotatable bonds is 25. The van der Waals surface area contributed by atoms with Crippen molar-refractivity contribution in [3.63, 3.8) is 0 Å². The van der Waals surface area contributed by atoms with Gasteiger partial charge in [0.15, 0.2) is 5.60 Å². The van der Waals surface area contributed by atoms with Crippen LogP contribution in [0.1, 0.15) is 103 Å². The molecule has 0 radical (unpaired) electrons. The van der Waals surface area contributed by atoms with Crippen molar-refractivity contribution in [1.82, 2.24) is 5.32 Å². The first kappa shape index (κ1) is 39.3. The Hall–Kier alpha value is -3.73. The van der Waals surface area contributed by atoms with Gasteiger partial charge in [-0.05, 0) is 55.7 Å². The van der Waals surface area contributed by atoms with Gasteiger partial charge in [-0.25, -0.2) is 9.59 Å². The van der Waals surface area contributed by atoms with Crippen molar-refractivity contribution in [2.24, 2.45) is 11.8 Å². The van der Waals surface area contributed by atoms with Gasteiger partial charge in [-0.3, -0.25) is 14.4 Å². The van der Waals surface area contributed by atoms with Crippen molar-refractivity contribution in [2.45, 2.75) is 116 Å². The van der Waals surface area contributed by atoms with Gasteiger partial charge in [-0.1, -0.05) is 70.7 Å². The Morgan fingerprint density at radius 3 is 2.09 bits per heavy atom. The third-order valence-corrected chi connectivity index (χ3v) is 7.49. The molecule has 0 saturated heterocycles. The van der Waals surface area contributed by atoms with Crippen LogP contribution < -0.4 is 10.1 Å². The Morgan fingerprint density at radius 1 is 0.911 bits per heavy atom. The maximum Gasteiger partial charge on any atom is 0.337 e. The number of carboxylic acid groups (broad SMARTS) is 3. The SMILES string of the molecule is CCCCCC(=O)CCCCCC/C=C/[C@H](C(=O)N[C@@H](Cc1ccc(OCCC(C)C)cc1)C(=O)O)[C@@](O)(CC(=O)O)C(=O)O. The molecule has 0 spiro atoms. The maximum atomic E-state index is 13.3. The van der Waals surface area contributed by atoms with Gasteiger partial charge in [0.25, 0.3) is 0 Å². The van der Waals surface area contributed by atoms with Crippen LogP contribution in [0.2, 0.25) is 0 Å². The minimum atomic E-state index is -3.01. The van der Waals surface area contributed by atoms with Crippen molar-refractivity contribution in [3.05, 3.63) is 42.0 Å². The van der Waals surface area contributed by atoms with Crippen LogP contribution in [0, 0.1) is 11.8 Å². The molecule has 0 aliphatic carbocycles. The molecule has 45 heavy (non-hydrogen) atoms. The quantitative estimate of drug-likeness (QED) is 0.0709. The Balaban J connectivity index is 2.89. The van der Waals surface area contributed by atoms with Gasteiger partial charge < -0.3 is 30.5 Å². The lowest BCUT2D eigenvalue weighted by Gasteiger charge is -2.29. The van der Waals surface area contributed by atoms with E-state index in [0.717, 1.165) is 51.0 Å². The Kier molecular flexibility index (Phi) is 18.4. The van der Waals surface area contributed by atoms with Crippen LogP contribution in [-0.4, -0.2) is 68.3 Å². The monoisotopic (exact) mass is 633 g/mol. The Morgan fingerprint density at radius 2 is 1.53 bits per heavy atom. The minimum Gasteiger partial charge on any atom is -0.494 e. The topological polar surface area (TPSA) is 188 Å². The zero-order valence-electron chi connectivity index (χ0n) is 26.8. The van der Waals surface area contributed by atoms with Crippen LogP contribution in [0.5, 0.6) is 5.75 Å². The zero-order valence-corrected chi connectivity index (χ0v) is 26.8. The summed E-state index contributed by atoms with van der Waals surface area (Å²) in [6.45, 7) is 6.77. The zero-order chi connectivity index (χ0) is 33.8. The highest BCUT2D eigenvalue weighted by atomic mass is 16.5. The summed E-state index contributed by atoms with van der Waals surface area (Å²) in [5, 5.41) is 42.0. The lowest BCUT2D eigenvalue weighted by Crippen LogP contribution is -2.55. The highest BCUT2D eigenvalue weighted by Gasteiger charge is 2.49. The molecule has 5 N–H and O–H groups in total. The number of allylic oxidation sites excluding steroid dienone is 1. The second kappa shape index (κ2) is 21.1. The lowest BCUT2D eigenvalue weighted by molar-refractivity contribution is -0.172.